The summed E-state index contributed by atoms with van der Waals surface area (Å²) in [5, 5.41) is 9.64. The molecule has 2 heteroatoms. The van der Waals surface area contributed by atoms with Crippen LogP contribution in [0.4, 0.5) is 0 Å². The molecule has 0 saturated carbocycles. The maximum absolute atomic E-state index is 8.99. The number of benzene rings is 1. The first kappa shape index (κ1) is 8.47. The summed E-state index contributed by atoms with van der Waals surface area (Å²) in [5.41, 5.74) is 0. The maximum atomic E-state index is 8.99. The van der Waals surface area contributed by atoms with E-state index in [0.29, 0.717) is 11.0 Å². The molecule has 1 N–H and O–H groups in total. The van der Waals surface area contributed by atoms with Crippen LogP contribution in [0.25, 0.3) is 0 Å². The monoisotopic (exact) mass is 169 g/mol. The number of thiol groups is 1. The van der Waals surface area contributed by atoms with Gasteiger partial charge in [0.05, 0.1) is 0 Å². The average Bonchev–Trinajstić information content (AvgIpc) is 1.93. The Kier molecular flexibility index (Phi) is 2.83. The van der Waals surface area contributed by atoms with Crippen molar-refractivity contribution in [2.24, 2.45) is 0 Å². The summed E-state index contributed by atoms with van der Waals surface area (Å²) in [6.45, 7) is 4.35. The minimum Gasteiger partial charge on any atom is -0.508 e. The summed E-state index contributed by atoms with van der Waals surface area (Å²) >= 11 is 1.32. The largest absolute Gasteiger partial charge is 0.508 e. The third-order valence-electron chi connectivity index (χ3n) is 1.26. The summed E-state index contributed by atoms with van der Waals surface area (Å²) in [5.74, 6) is 0.340. The second-order valence-corrected chi connectivity index (χ2v) is 4.55. The van der Waals surface area contributed by atoms with Gasteiger partial charge in [-0.3, -0.25) is 0 Å². The number of phenolic OH excluding ortho intramolecular Hbond substituents is 1. The lowest BCUT2D eigenvalue weighted by atomic mass is 10.3. The molecule has 0 unspecified atom stereocenters. The molecule has 0 bridgehead atoms. The fourth-order valence-corrected chi connectivity index (χ4v) is 1.75. The molecule has 1 nitrogen and oxygen atoms in total. The van der Waals surface area contributed by atoms with Gasteiger partial charge in [0.2, 0.25) is 0 Å². The third-order valence-corrected chi connectivity index (χ3v) is 2.37. The Balaban J connectivity index is 2.66. The molecule has 0 spiro atoms. The SMILES string of the molecule is CC(C)[SH+]c1ccc(O)cc1. The van der Waals surface area contributed by atoms with Crippen LogP contribution in [0, 0.1) is 0 Å². The van der Waals surface area contributed by atoms with Crippen LogP contribution < -0.4 is 0 Å². The minimum absolute atomic E-state index is 0.340. The van der Waals surface area contributed by atoms with E-state index in [0.717, 1.165) is 0 Å². The molecule has 60 valence electrons. The number of hydrogen-bond acceptors (Lipinski definition) is 1. The second kappa shape index (κ2) is 3.67. The van der Waals surface area contributed by atoms with Gasteiger partial charge >= 0.3 is 0 Å². The molecule has 0 aromatic heterocycles. The smallest absolute Gasteiger partial charge is 0.153 e. The van der Waals surface area contributed by atoms with E-state index in [1.807, 2.05) is 12.1 Å². The summed E-state index contributed by atoms with van der Waals surface area (Å²) in [6.07, 6.45) is 0. The van der Waals surface area contributed by atoms with Crippen molar-refractivity contribution in [2.45, 2.75) is 24.0 Å². The quantitative estimate of drug-likeness (QED) is 0.530. The Bertz CT molecular complexity index is 216. The van der Waals surface area contributed by atoms with Crippen LogP contribution in [-0.4, -0.2) is 10.4 Å². The number of rotatable bonds is 2. The van der Waals surface area contributed by atoms with Crippen LogP contribution in [0.2, 0.25) is 0 Å². The van der Waals surface area contributed by atoms with E-state index < -0.39 is 0 Å². The number of aromatic hydroxyl groups is 1. The first-order valence-electron chi connectivity index (χ1n) is 3.68. The molecule has 0 saturated heterocycles. The van der Waals surface area contributed by atoms with Crippen LogP contribution >= 0.6 is 0 Å². The molecule has 1 aromatic rings. The highest BCUT2D eigenvalue weighted by molar-refractivity contribution is 7.79. The Morgan fingerprint density at radius 1 is 1.18 bits per heavy atom. The van der Waals surface area contributed by atoms with Crippen molar-refractivity contribution < 1.29 is 5.11 Å². The van der Waals surface area contributed by atoms with Crippen molar-refractivity contribution in [3.8, 4) is 5.75 Å². The van der Waals surface area contributed by atoms with Gasteiger partial charge in [-0.05, 0) is 38.1 Å². The predicted molar refractivity (Wildman–Crippen MR) is 50.3 cm³/mol. The Labute approximate surface area is 71.4 Å². The Morgan fingerprint density at radius 3 is 2.18 bits per heavy atom. The van der Waals surface area contributed by atoms with Gasteiger partial charge in [-0.2, -0.15) is 0 Å². The van der Waals surface area contributed by atoms with E-state index >= 15 is 0 Å². The van der Waals surface area contributed by atoms with E-state index in [9.17, 15) is 0 Å². The predicted octanol–water partition coefficient (Wildman–Crippen LogP) is 1.97. The lowest BCUT2D eigenvalue weighted by molar-refractivity contribution is 0.475. The molecule has 0 heterocycles. The highest BCUT2D eigenvalue weighted by Crippen LogP contribution is 2.12. The van der Waals surface area contributed by atoms with Crippen molar-refractivity contribution in [3.05, 3.63) is 24.3 Å². The fraction of sp³-hybridized carbons (Fsp3) is 0.333. The lowest BCUT2D eigenvalue weighted by Gasteiger charge is -1.94. The van der Waals surface area contributed by atoms with Gasteiger partial charge in [0.25, 0.3) is 0 Å². The van der Waals surface area contributed by atoms with Crippen LogP contribution in [0.3, 0.4) is 0 Å². The van der Waals surface area contributed by atoms with Crippen molar-refractivity contribution in [1.82, 2.24) is 0 Å². The van der Waals surface area contributed by atoms with E-state index in [-0.39, 0.29) is 0 Å². The summed E-state index contributed by atoms with van der Waals surface area (Å²) in [7, 11) is 0. The first-order chi connectivity index (χ1) is 5.18. The van der Waals surface area contributed by atoms with Crippen LogP contribution in [0.15, 0.2) is 29.2 Å². The average molecular weight is 169 g/mol. The molecule has 0 amide bonds. The molecule has 11 heavy (non-hydrogen) atoms. The fourth-order valence-electron chi connectivity index (χ4n) is 0.837. The summed E-state index contributed by atoms with van der Waals surface area (Å²) in [6, 6.07) is 7.36. The third kappa shape index (κ3) is 2.85. The highest BCUT2D eigenvalue weighted by Gasteiger charge is 2.05. The summed E-state index contributed by atoms with van der Waals surface area (Å²) in [4.78, 5) is 1.26. The number of hydrogen-bond donors (Lipinski definition) is 1. The molecular formula is C9H13OS+. The molecule has 1 aromatic carbocycles. The van der Waals surface area contributed by atoms with Crippen molar-refractivity contribution >= 4 is 11.8 Å². The van der Waals surface area contributed by atoms with Gasteiger partial charge in [0, 0.05) is 11.8 Å². The van der Waals surface area contributed by atoms with Crippen LogP contribution in [0.1, 0.15) is 13.8 Å². The minimum atomic E-state index is 0.340. The van der Waals surface area contributed by atoms with Crippen molar-refractivity contribution in [3.63, 3.8) is 0 Å². The van der Waals surface area contributed by atoms with Gasteiger partial charge in [0.15, 0.2) is 4.90 Å². The zero-order valence-corrected chi connectivity index (χ0v) is 7.68. The standard InChI is InChI=1S/C9H12OS/c1-7(2)11-9-5-3-8(10)4-6-9/h3-7,10H,1-2H3/p+1. The van der Waals surface area contributed by atoms with Gasteiger partial charge in [-0.1, -0.05) is 0 Å². The van der Waals surface area contributed by atoms with Crippen molar-refractivity contribution in [2.75, 3.05) is 0 Å². The van der Waals surface area contributed by atoms with E-state index in [1.54, 1.807) is 12.1 Å². The van der Waals surface area contributed by atoms with Gasteiger partial charge < -0.3 is 5.11 Å². The molecule has 0 fully saturated rings. The van der Waals surface area contributed by atoms with E-state index in [1.165, 1.54) is 16.7 Å². The van der Waals surface area contributed by atoms with Gasteiger partial charge in [-0.25, -0.2) is 0 Å². The van der Waals surface area contributed by atoms with Gasteiger partial charge in [0.1, 0.15) is 11.0 Å². The molecule has 1 rings (SSSR count). The van der Waals surface area contributed by atoms with E-state index in [4.69, 9.17) is 5.11 Å². The molecule has 0 aliphatic carbocycles. The molecule has 0 radical (unpaired) electrons. The molecule has 0 atom stereocenters. The lowest BCUT2D eigenvalue weighted by Crippen LogP contribution is -1.97. The normalized spacial score (nSPS) is 10.5. The second-order valence-electron chi connectivity index (χ2n) is 2.74. The molecular weight excluding hydrogens is 156 g/mol. The zero-order valence-electron chi connectivity index (χ0n) is 6.78. The zero-order chi connectivity index (χ0) is 8.27. The maximum Gasteiger partial charge on any atom is 0.153 e. The van der Waals surface area contributed by atoms with Crippen LogP contribution in [-0.2, 0) is 11.8 Å². The number of phenols is 1. The first-order valence-corrected chi connectivity index (χ1v) is 4.65. The highest BCUT2D eigenvalue weighted by atomic mass is 32.2. The van der Waals surface area contributed by atoms with Crippen molar-refractivity contribution in [1.29, 1.82) is 0 Å². The Morgan fingerprint density at radius 2 is 1.73 bits per heavy atom. The van der Waals surface area contributed by atoms with Crippen LogP contribution in [0.5, 0.6) is 5.75 Å². The van der Waals surface area contributed by atoms with Gasteiger partial charge in [-0.15, -0.1) is 0 Å². The van der Waals surface area contributed by atoms with E-state index in [2.05, 4.69) is 13.8 Å². The molecule has 0 aliphatic heterocycles. The molecule has 0 aliphatic rings. The Hall–Kier alpha value is -0.630. The summed E-state index contributed by atoms with van der Waals surface area (Å²) < 4.78 is 0. The topological polar surface area (TPSA) is 20.2 Å².